The number of phosphoric acid groups is 1. The lowest BCUT2D eigenvalue weighted by Crippen LogP contribution is -2.46. The lowest BCUT2D eigenvalue weighted by atomic mass is 9.95. The number of aliphatic hydroxyl groups is 2. The van der Waals surface area contributed by atoms with E-state index in [-0.39, 0.29) is 24.6 Å². The molecule has 0 radical (unpaired) electrons. The van der Waals surface area contributed by atoms with Crippen molar-refractivity contribution in [3.05, 3.63) is 46.9 Å². The fourth-order valence-electron chi connectivity index (χ4n) is 7.45. The van der Waals surface area contributed by atoms with Gasteiger partial charge in [-0.2, -0.15) is 10.4 Å². The molecule has 0 amide bonds. The van der Waals surface area contributed by atoms with Crippen LogP contribution in [-0.2, 0) is 29.7 Å². The van der Waals surface area contributed by atoms with Crippen molar-refractivity contribution in [3.63, 3.8) is 0 Å². The number of hydrogen-bond acceptors (Lipinski definition) is 12. The predicted octanol–water partition coefficient (Wildman–Crippen LogP) is 7.52. The molecule has 13 nitrogen and oxygen atoms in total. The molecule has 1 aromatic rings. The lowest BCUT2D eigenvalue weighted by molar-refractivity contribution is -0.110. The Morgan fingerprint density at radius 3 is 2.25 bits per heavy atom. The average molecular weight is 792 g/mol. The standard InChI is InChI=1S/C40H63FN5O8P/c1-3-4-5-6-7-8-9-10-11-12-13-14-15-16-17-18-19-33(51-26-31-22-30(25-42)23-32(41)24-31)27-52-55(49,50)53-28-40(2)38(48)36(47)37(54-40)34-20-21-35-39(43)44-29-45-46(34)35/h21-24,29,33-34,36-38,47-48H,3-20,26-28H2,1-2H3,(H,49,50)(H2,43,44,45)/t33-,34?,36+,37+,38+,40-/m1/s1. The fourth-order valence-corrected chi connectivity index (χ4v) is 8.29. The minimum Gasteiger partial charge on any atom is -0.387 e. The highest BCUT2D eigenvalue weighted by Gasteiger charge is 2.56. The Balaban J connectivity index is 1.20. The molecule has 3 heterocycles. The molecule has 3 aliphatic rings. The monoisotopic (exact) mass is 791 g/mol. The number of halogens is 1. The Morgan fingerprint density at radius 1 is 1.02 bits per heavy atom. The molecule has 55 heavy (non-hydrogen) atoms. The Hall–Kier alpha value is -2.73. The van der Waals surface area contributed by atoms with Gasteiger partial charge in [-0.15, -0.1) is 0 Å². The van der Waals surface area contributed by atoms with Crippen LogP contribution < -0.4 is 5.73 Å². The number of hydrogen-bond donors (Lipinski definition) is 4. The first-order valence-corrected chi connectivity index (χ1v) is 21.8. The van der Waals surface area contributed by atoms with Gasteiger partial charge in [0.2, 0.25) is 0 Å². The number of hydrazone groups is 1. The highest BCUT2D eigenvalue weighted by Crippen LogP contribution is 2.47. The average Bonchev–Trinajstić information content (AvgIpc) is 3.70. The number of amidine groups is 1. The summed E-state index contributed by atoms with van der Waals surface area (Å²) in [5, 5.41) is 37.0. The second kappa shape index (κ2) is 22.9. The largest absolute Gasteiger partial charge is 0.472 e. The van der Waals surface area contributed by atoms with E-state index in [1.54, 1.807) is 5.01 Å². The molecule has 0 aromatic heterocycles. The normalized spacial score (nSPS) is 25.0. The Kier molecular flexibility index (Phi) is 18.7. The third-order valence-electron chi connectivity index (χ3n) is 10.7. The van der Waals surface area contributed by atoms with Gasteiger partial charge in [0, 0.05) is 0 Å². The number of nitriles is 1. The first-order chi connectivity index (χ1) is 26.5. The molecule has 0 aliphatic carbocycles. The highest BCUT2D eigenvalue weighted by atomic mass is 31.2. The molecule has 1 fully saturated rings. The molecule has 15 heteroatoms. The molecule has 308 valence electrons. The van der Waals surface area contributed by atoms with Gasteiger partial charge in [-0.3, -0.25) is 14.1 Å². The zero-order valence-corrected chi connectivity index (χ0v) is 33.6. The van der Waals surface area contributed by atoms with Gasteiger partial charge in [-0.05, 0) is 43.5 Å². The fraction of sp³-hybridized carbons (Fsp3) is 0.725. The third kappa shape index (κ3) is 14.3. The highest BCUT2D eigenvalue weighted by molar-refractivity contribution is 7.47. The first kappa shape index (κ1) is 45.0. The Labute approximate surface area is 326 Å². The number of benzene rings is 1. The summed E-state index contributed by atoms with van der Waals surface area (Å²) in [5.41, 5.74) is 5.62. The number of aliphatic hydroxyl groups excluding tert-OH is 2. The quantitative estimate of drug-likeness (QED) is 0.0509. The van der Waals surface area contributed by atoms with Gasteiger partial charge in [0.05, 0.1) is 49.3 Å². The summed E-state index contributed by atoms with van der Waals surface area (Å²) >= 11 is 0. The minimum absolute atomic E-state index is 0.0242. The van der Waals surface area contributed by atoms with Crippen LogP contribution in [0.4, 0.5) is 4.39 Å². The molecular formula is C40H63FN5O8P. The number of unbranched alkanes of at least 4 members (excludes halogenated alkanes) is 15. The van der Waals surface area contributed by atoms with Crippen molar-refractivity contribution in [2.45, 2.75) is 172 Å². The van der Waals surface area contributed by atoms with Gasteiger partial charge >= 0.3 is 7.82 Å². The van der Waals surface area contributed by atoms with E-state index in [9.17, 15) is 29.3 Å². The molecule has 0 spiro atoms. The van der Waals surface area contributed by atoms with Gasteiger partial charge in [0.1, 0.15) is 36.1 Å². The molecule has 4 rings (SSSR count). The van der Waals surface area contributed by atoms with Gasteiger partial charge < -0.3 is 30.3 Å². The number of aliphatic imine (C=N–C) groups is 1. The van der Waals surface area contributed by atoms with Crippen LogP contribution in [0.1, 0.15) is 141 Å². The summed E-state index contributed by atoms with van der Waals surface area (Å²) in [4.78, 5) is 14.6. The second-order valence-electron chi connectivity index (χ2n) is 15.3. The van der Waals surface area contributed by atoms with Crippen molar-refractivity contribution in [1.29, 1.82) is 5.26 Å². The molecule has 3 aliphatic heterocycles. The van der Waals surface area contributed by atoms with Crippen LogP contribution in [0.2, 0.25) is 0 Å². The van der Waals surface area contributed by atoms with Crippen molar-refractivity contribution < 1.29 is 42.6 Å². The zero-order valence-electron chi connectivity index (χ0n) is 32.7. The first-order valence-electron chi connectivity index (χ1n) is 20.3. The van der Waals surface area contributed by atoms with E-state index in [4.69, 9.17) is 24.3 Å². The number of phosphoric ester groups is 1. The van der Waals surface area contributed by atoms with E-state index < -0.39 is 56.3 Å². The van der Waals surface area contributed by atoms with Crippen LogP contribution >= 0.6 is 7.82 Å². The van der Waals surface area contributed by atoms with Gasteiger partial charge in [0.25, 0.3) is 0 Å². The predicted molar refractivity (Wildman–Crippen MR) is 209 cm³/mol. The van der Waals surface area contributed by atoms with E-state index in [0.717, 1.165) is 31.7 Å². The molecular weight excluding hydrogens is 728 g/mol. The molecule has 0 bridgehead atoms. The second-order valence-corrected chi connectivity index (χ2v) is 16.8. The molecule has 2 unspecified atom stereocenters. The summed E-state index contributed by atoms with van der Waals surface area (Å²) in [7, 11) is -4.69. The van der Waals surface area contributed by atoms with E-state index in [1.165, 1.54) is 102 Å². The van der Waals surface area contributed by atoms with Gasteiger partial charge in [0.15, 0.2) is 5.84 Å². The summed E-state index contributed by atoms with van der Waals surface area (Å²) in [5.74, 6) is -0.283. The SMILES string of the molecule is CCCCCCCCCCCCCCCCCC[C@H](COP(=O)(O)OC[C@@]1(C)O[C@@H](C2CC=C3C(N)=NC=NN32)[C@H](O)[C@@H]1O)OCc1cc(F)cc(C#N)c1. The number of fused-ring (bicyclic) bond motifs is 1. The topological polar surface area (TPSA) is 192 Å². The molecule has 7 atom stereocenters. The maximum atomic E-state index is 14.1. The summed E-state index contributed by atoms with van der Waals surface area (Å²) in [6.45, 7) is 2.87. The van der Waals surface area contributed by atoms with Crippen LogP contribution in [0.5, 0.6) is 0 Å². The molecule has 0 saturated carbocycles. The molecule has 1 aromatic carbocycles. The van der Waals surface area contributed by atoms with Crippen molar-refractivity contribution in [3.8, 4) is 6.07 Å². The van der Waals surface area contributed by atoms with Gasteiger partial charge in [-0.25, -0.2) is 13.9 Å². The van der Waals surface area contributed by atoms with E-state index in [1.807, 2.05) is 12.1 Å². The summed E-state index contributed by atoms with van der Waals surface area (Å²) in [6, 6.07) is 5.40. The number of nitrogens with two attached hydrogens (primary N) is 1. The van der Waals surface area contributed by atoms with Crippen LogP contribution in [-0.4, -0.2) is 81.6 Å². The Bertz CT molecular complexity index is 1520. The van der Waals surface area contributed by atoms with Crippen molar-refractivity contribution >= 4 is 20.0 Å². The van der Waals surface area contributed by atoms with E-state index >= 15 is 0 Å². The number of nitrogens with zero attached hydrogens (tertiary/aromatic N) is 4. The summed E-state index contributed by atoms with van der Waals surface area (Å²) < 4.78 is 50.0. The maximum Gasteiger partial charge on any atom is 0.472 e. The minimum atomic E-state index is -4.69. The van der Waals surface area contributed by atoms with E-state index in [0.29, 0.717) is 24.1 Å². The summed E-state index contributed by atoms with van der Waals surface area (Å²) in [6.07, 6.45) is 19.5. The third-order valence-corrected chi connectivity index (χ3v) is 11.6. The van der Waals surface area contributed by atoms with E-state index in [2.05, 4.69) is 17.0 Å². The van der Waals surface area contributed by atoms with Crippen molar-refractivity contribution in [1.82, 2.24) is 5.01 Å². The van der Waals surface area contributed by atoms with Gasteiger partial charge in [-0.1, -0.05) is 116 Å². The number of ether oxygens (including phenoxy) is 2. The smallest absolute Gasteiger partial charge is 0.387 e. The molecule has 1 saturated heterocycles. The van der Waals surface area contributed by atoms with Crippen LogP contribution in [0, 0.1) is 17.1 Å². The lowest BCUT2D eigenvalue weighted by Gasteiger charge is -2.32. The maximum absolute atomic E-state index is 14.1. The van der Waals surface area contributed by atoms with Crippen molar-refractivity contribution in [2.75, 3.05) is 13.2 Å². The number of rotatable bonds is 27. The zero-order chi connectivity index (χ0) is 39.7. The molecule has 5 N–H and O–H groups in total. The van der Waals surface area contributed by atoms with Crippen molar-refractivity contribution in [2.24, 2.45) is 15.8 Å². The van der Waals surface area contributed by atoms with Crippen LogP contribution in [0.15, 0.2) is 40.1 Å². The van der Waals surface area contributed by atoms with Crippen LogP contribution in [0.3, 0.4) is 0 Å². The Morgan fingerprint density at radius 2 is 1.64 bits per heavy atom. The van der Waals surface area contributed by atoms with Crippen LogP contribution in [0.25, 0.3) is 0 Å².